The molecule has 30 heavy (non-hydrogen) atoms. The van der Waals surface area contributed by atoms with Crippen LogP contribution in [0.3, 0.4) is 0 Å². The van der Waals surface area contributed by atoms with Gasteiger partial charge in [-0.1, -0.05) is 30.3 Å². The average Bonchev–Trinajstić information content (AvgIpc) is 3.45. The lowest BCUT2D eigenvalue weighted by Gasteiger charge is -2.33. The lowest BCUT2D eigenvalue weighted by Crippen LogP contribution is -2.37. The molecule has 6 heteroatoms. The summed E-state index contributed by atoms with van der Waals surface area (Å²) in [6, 6.07) is 18.2. The summed E-state index contributed by atoms with van der Waals surface area (Å²) in [5.74, 6) is 0.0337. The van der Waals surface area contributed by atoms with Crippen molar-refractivity contribution in [1.82, 2.24) is 19.7 Å². The molecule has 1 saturated heterocycles. The molecule has 4 aromatic rings. The van der Waals surface area contributed by atoms with E-state index in [-0.39, 0.29) is 11.9 Å². The number of fused-ring (bicyclic) bond motifs is 1. The first-order chi connectivity index (χ1) is 14.8. The van der Waals surface area contributed by atoms with E-state index < -0.39 is 0 Å². The van der Waals surface area contributed by atoms with Crippen molar-refractivity contribution in [2.24, 2.45) is 0 Å². The van der Waals surface area contributed by atoms with Gasteiger partial charge in [0.2, 0.25) is 5.91 Å². The van der Waals surface area contributed by atoms with Crippen molar-refractivity contribution in [2.45, 2.75) is 25.3 Å². The minimum absolute atomic E-state index is 0.0337. The third-order valence-electron chi connectivity index (χ3n) is 5.42. The maximum absolute atomic E-state index is 13.0. The molecule has 1 amide bonds. The Labute approximate surface area is 179 Å². The van der Waals surface area contributed by atoms with Gasteiger partial charge >= 0.3 is 0 Å². The van der Waals surface area contributed by atoms with Gasteiger partial charge in [0.15, 0.2) is 0 Å². The second kappa shape index (κ2) is 8.24. The Hall–Kier alpha value is -3.25. The van der Waals surface area contributed by atoms with E-state index in [4.69, 9.17) is 4.98 Å². The standard InChI is InChI=1S/C24H22N4OS/c29-23(14-13-18-16-25-28(17-18)19-8-2-1-3-9-19)27-15-7-6-11-21(27)24-26-20-10-4-5-12-22(20)30-24/h1-5,8-10,12-14,16-17,21H,6-7,11,15H2/b14-13+/t21-/m1/s1. The molecular weight excluding hydrogens is 392 g/mol. The van der Waals surface area contributed by atoms with Crippen LogP contribution in [0.25, 0.3) is 22.0 Å². The smallest absolute Gasteiger partial charge is 0.247 e. The van der Waals surface area contributed by atoms with Crippen LogP contribution in [0.1, 0.15) is 35.9 Å². The van der Waals surface area contributed by atoms with Gasteiger partial charge < -0.3 is 4.90 Å². The Morgan fingerprint density at radius 2 is 1.90 bits per heavy atom. The third kappa shape index (κ3) is 3.78. The second-order valence-corrected chi connectivity index (χ2v) is 8.51. The first kappa shape index (κ1) is 18.8. The van der Waals surface area contributed by atoms with E-state index in [1.165, 1.54) is 4.70 Å². The molecule has 5 nitrogen and oxygen atoms in total. The number of hydrogen-bond donors (Lipinski definition) is 0. The normalized spacial score (nSPS) is 17.1. The summed E-state index contributed by atoms with van der Waals surface area (Å²) >= 11 is 1.70. The van der Waals surface area contributed by atoms with Crippen LogP contribution in [0.5, 0.6) is 0 Å². The van der Waals surface area contributed by atoms with Gasteiger partial charge in [0.05, 0.1) is 28.1 Å². The SMILES string of the molecule is O=C(/C=C/c1cnn(-c2ccccc2)c1)N1CCCC[C@@H]1c1nc2ccccc2s1. The van der Waals surface area contributed by atoms with Gasteiger partial charge in [-0.2, -0.15) is 5.10 Å². The molecule has 0 spiro atoms. The van der Waals surface area contributed by atoms with E-state index >= 15 is 0 Å². The topological polar surface area (TPSA) is 51.0 Å². The maximum atomic E-state index is 13.0. The number of nitrogens with zero attached hydrogens (tertiary/aromatic N) is 4. The van der Waals surface area contributed by atoms with E-state index in [0.717, 1.165) is 47.6 Å². The van der Waals surface area contributed by atoms with Gasteiger partial charge in [0.25, 0.3) is 0 Å². The van der Waals surface area contributed by atoms with Crippen LogP contribution >= 0.6 is 11.3 Å². The van der Waals surface area contributed by atoms with Crippen molar-refractivity contribution in [3.05, 3.63) is 83.6 Å². The summed E-state index contributed by atoms with van der Waals surface area (Å²) in [6.07, 6.45) is 10.3. The molecule has 2 aromatic heterocycles. The van der Waals surface area contributed by atoms with Crippen LogP contribution in [0.15, 0.2) is 73.1 Å². The van der Waals surface area contributed by atoms with Gasteiger partial charge in [0.1, 0.15) is 5.01 Å². The van der Waals surface area contributed by atoms with Gasteiger partial charge in [-0.3, -0.25) is 4.79 Å². The van der Waals surface area contributed by atoms with Gasteiger partial charge in [-0.25, -0.2) is 9.67 Å². The number of rotatable bonds is 4. The highest BCUT2D eigenvalue weighted by Gasteiger charge is 2.29. The quantitative estimate of drug-likeness (QED) is 0.429. The molecule has 0 bridgehead atoms. The first-order valence-corrected chi connectivity index (χ1v) is 11.0. The number of thiazole rings is 1. The number of para-hydroxylation sites is 2. The highest BCUT2D eigenvalue weighted by Crippen LogP contribution is 2.35. The molecule has 3 heterocycles. The van der Waals surface area contributed by atoms with Gasteiger partial charge in [-0.15, -0.1) is 11.3 Å². The maximum Gasteiger partial charge on any atom is 0.247 e. The van der Waals surface area contributed by atoms with E-state index in [2.05, 4.69) is 11.2 Å². The summed E-state index contributed by atoms with van der Waals surface area (Å²) < 4.78 is 2.99. The number of benzene rings is 2. The van der Waals surface area contributed by atoms with Crippen molar-refractivity contribution >= 4 is 33.5 Å². The molecule has 1 aliphatic heterocycles. The van der Waals surface area contributed by atoms with Crippen molar-refractivity contribution in [3.63, 3.8) is 0 Å². The molecule has 150 valence electrons. The van der Waals surface area contributed by atoms with Crippen LogP contribution in [0.2, 0.25) is 0 Å². The fraction of sp³-hybridized carbons (Fsp3) is 0.208. The van der Waals surface area contributed by atoms with E-state index in [1.54, 1.807) is 23.6 Å². The predicted octanol–water partition coefficient (Wildman–Crippen LogP) is 5.25. The van der Waals surface area contributed by atoms with Crippen LogP contribution in [0.4, 0.5) is 0 Å². The highest BCUT2D eigenvalue weighted by atomic mass is 32.1. The zero-order valence-electron chi connectivity index (χ0n) is 16.5. The van der Waals surface area contributed by atoms with E-state index in [9.17, 15) is 4.79 Å². The number of amides is 1. The molecule has 0 aliphatic carbocycles. The summed E-state index contributed by atoms with van der Waals surface area (Å²) in [5, 5.41) is 5.43. The van der Waals surface area contributed by atoms with Crippen molar-refractivity contribution < 1.29 is 4.79 Å². The van der Waals surface area contributed by atoms with Crippen LogP contribution in [-0.2, 0) is 4.79 Å². The predicted molar refractivity (Wildman–Crippen MR) is 121 cm³/mol. The zero-order valence-corrected chi connectivity index (χ0v) is 17.3. The first-order valence-electron chi connectivity index (χ1n) is 10.2. The minimum Gasteiger partial charge on any atom is -0.330 e. The Balaban J connectivity index is 1.34. The summed E-state index contributed by atoms with van der Waals surface area (Å²) in [6.45, 7) is 0.771. The number of aromatic nitrogens is 3. The Kier molecular flexibility index (Phi) is 5.15. The fourth-order valence-corrected chi connectivity index (χ4v) is 5.01. The van der Waals surface area contributed by atoms with Gasteiger partial charge in [-0.05, 0) is 49.6 Å². The molecule has 1 atom stereocenters. The molecular formula is C24H22N4OS. The molecule has 0 N–H and O–H groups in total. The summed E-state index contributed by atoms with van der Waals surface area (Å²) in [7, 11) is 0. The molecule has 0 unspecified atom stereocenters. The minimum atomic E-state index is 0.0337. The highest BCUT2D eigenvalue weighted by molar-refractivity contribution is 7.18. The largest absolute Gasteiger partial charge is 0.330 e. The number of carbonyl (C=O) groups excluding carboxylic acids is 1. The van der Waals surface area contributed by atoms with E-state index in [0.29, 0.717) is 0 Å². The molecule has 5 rings (SSSR count). The number of hydrogen-bond acceptors (Lipinski definition) is 4. The average molecular weight is 415 g/mol. The van der Waals surface area contributed by atoms with Crippen LogP contribution in [0, 0.1) is 0 Å². The van der Waals surface area contributed by atoms with Crippen LogP contribution in [-0.4, -0.2) is 32.1 Å². The zero-order chi connectivity index (χ0) is 20.3. The summed E-state index contributed by atoms with van der Waals surface area (Å²) in [5.41, 5.74) is 2.91. The number of piperidine rings is 1. The molecule has 0 radical (unpaired) electrons. The van der Waals surface area contributed by atoms with Crippen molar-refractivity contribution in [1.29, 1.82) is 0 Å². The lowest BCUT2D eigenvalue weighted by molar-refractivity contribution is -0.129. The van der Waals surface area contributed by atoms with Crippen molar-refractivity contribution in [3.8, 4) is 5.69 Å². The molecule has 1 aliphatic rings. The molecule has 1 fully saturated rings. The van der Waals surface area contributed by atoms with Gasteiger partial charge in [0, 0.05) is 24.4 Å². The van der Waals surface area contributed by atoms with Crippen molar-refractivity contribution in [2.75, 3.05) is 6.54 Å². The Morgan fingerprint density at radius 3 is 2.77 bits per heavy atom. The molecule has 0 saturated carbocycles. The third-order valence-corrected chi connectivity index (χ3v) is 6.56. The lowest BCUT2D eigenvalue weighted by atomic mass is 10.0. The van der Waals surface area contributed by atoms with E-state index in [1.807, 2.05) is 70.4 Å². The fourth-order valence-electron chi connectivity index (χ4n) is 3.89. The monoisotopic (exact) mass is 414 g/mol. The number of carbonyl (C=O) groups is 1. The Bertz CT molecular complexity index is 1160. The molecule has 2 aromatic carbocycles. The summed E-state index contributed by atoms with van der Waals surface area (Å²) in [4.78, 5) is 19.8. The number of likely N-dealkylation sites (tertiary alicyclic amines) is 1. The van der Waals surface area contributed by atoms with Crippen LogP contribution < -0.4 is 0 Å². The second-order valence-electron chi connectivity index (χ2n) is 7.45. The Morgan fingerprint density at radius 1 is 1.07 bits per heavy atom.